The normalized spacial score (nSPS) is 18.0. The first-order valence-electron chi connectivity index (χ1n) is 13.3. The predicted octanol–water partition coefficient (Wildman–Crippen LogP) is 3.68. The summed E-state index contributed by atoms with van der Waals surface area (Å²) in [6.07, 6.45) is 6.14. The molecule has 4 rings (SSSR count). The second kappa shape index (κ2) is 11.9. The number of carbonyl (C=O) groups is 2. The first kappa shape index (κ1) is 26.9. The summed E-state index contributed by atoms with van der Waals surface area (Å²) in [5, 5.41) is 10.6. The fourth-order valence-electron chi connectivity index (χ4n) is 5.58. The van der Waals surface area contributed by atoms with Crippen molar-refractivity contribution in [3.05, 3.63) is 53.3 Å². The molecule has 37 heavy (non-hydrogen) atoms. The average Bonchev–Trinajstić information content (AvgIpc) is 2.92. The van der Waals surface area contributed by atoms with Gasteiger partial charge in [-0.1, -0.05) is 12.1 Å². The van der Waals surface area contributed by atoms with Gasteiger partial charge in [0.25, 0.3) is 11.8 Å². The van der Waals surface area contributed by atoms with Crippen molar-refractivity contribution in [1.29, 1.82) is 0 Å². The van der Waals surface area contributed by atoms with Gasteiger partial charge in [0.15, 0.2) is 6.10 Å². The molecule has 1 aromatic heterocycles. The van der Waals surface area contributed by atoms with Gasteiger partial charge in [-0.25, -0.2) is 4.98 Å². The van der Waals surface area contributed by atoms with E-state index in [0.717, 1.165) is 50.0 Å². The topological polar surface area (TPSA) is 86.2 Å². The predicted molar refractivity (Wildman–Crippen MR) is 144 cm³/mol. The van der Waals surface area contributed by atoms with E-state index < -0.39 is 6.10 Å². The zero-order chi connectivity index (χ0) is 26.5. The number of rotatable bonds is 7. The Morgan fingerprint density at radius 2 is 1.73 bits per heavy atom. The second-order valence-electron chi connectivity index (χ2n) is 10.7. The summed E-state index contributed by atoms with van der Waals surface area (Å²) in [6, 6.07) is 9.16. The molecule has 8 heteroatoms. The SMILES string of the molecule is COc1cccc(C(O)C(=O)N2CCC(CC3CCN(c4cnc(C(=O)N(C)C)c(C)c4)CC3)CC2)c1. The van der Waals surface area contributed by atoms with Crippen molar-refractivity contribution in [1.82, 2.24) is 14.8 Å². The molecule has 2 fully saturated rings. The van der Waals surface area contributed by atoms with Gasteiger partial charge in [0.1, 0.15) is 11.4 Å². The molecule has 0 radical (unpaired) electrons. The molecule has 1 aromatic carbocycles. The maximum absolute atomic E-state index is 12.9. The van der Waals surface area contributed by atoms with Crippen molar-refractivity contribution in [3.63, 3.8) is 0 Å². The van der Waals surface area contributed by atoms with Crippen LogP contribution in [0.1, 0.15) is 59.8 Å². The van der Waals surface area contributed by atoms with Gasteiger partial charge in [0.2, 0.25) is 0 Å². The summed E-state index contributed by atoms with van der Waals surface area (Å²) in [5.41, 5.74) is 3.09. The van der Waals surface area contributed by atoms with E-state index in [2.05, 4.69) is 16.0 Å². The summed E-state index contributed by atoms with van der Waals surface area (Å²) in [5.74, 6) is 1.66. The van der Waals surface area contributed by atoms with Crippen LogP contribution >= 0.6 is 0 Å². The minimum atomic E-state index is -1.15. The lowest BCUT2D eigenvalue weighted by molar-refractivity contribution is -0.142. The van der Waals surface area contributed by atoms with Gasteiger partial charge in [0, 0.05) is 40.3 Å². The number of aliphatic hydroxyl groups excluding tert-OH is 1. The second-order valence-corrected chi connectivity index (χ2v) is 10.7. The summed E-state index contributed by atoms with van der Waals surface area (Å²) in [7, 11) is 5.07. The lowest BCUT2D eigenvalue weighted by Gasteiger charge is -2.38. The lowest BCUT2D eigenvalue weighted by atomic mass is 9.82. The van der Waals surface area contributed by atoms with Crippen LogP contribution in [0, 0.1) is 18.8 Å². The monoisotopic (exact) mass is 508 g/mol. The number of carbonyl (C=O) groups excluding carboxylic acids is 2. The Bertz CT molecular complexity index is 1090. The van der Waals surface area contributed by atoms with Crippen LogP contribution in [0.25, 0.3) is 0 Å². The molecule has 2 aromatic rings. The Labute approximate surface area is 220 Å². The Hall–Kier alpha value is -3.13. The fourth-order valence-corrected chi connectivity index (χ4v) is 5.58. The molecule has 2 aliphatic heterocycles. The highest BCUT2D eigenvalue weighted by molar-refractivity contribution is 5.93. The van der Waals surface area contributed by atoms with Crippen LogP contribution in [-0.4, -0.2) is 79.1 Å². The van der Waals surface area contributed by atoms with E-state index >= 15 is 0 Å². The van der Waals surface area contributed by atoms with Gasteiger partial charge >= 0.3 is 0 Å². The number of amides is 2. The van der Waals surface area contributed by atoms with Crippen molar-refractivity contribution in [2.75, 3.05) is 52.3 Å². The van der Waals surface area contributed by atoms with Crippen LogP contribution in [0.3, 0.4) is 0 Å². The summed E-state index contributed by atoms with van der Waals surface area (Å²) < 4.78 is 5.22. The number of aliphatic hydroxyl groups is 1. The van der Waals surface area contributed by atoms with E-state index in [9.17, 15) is 14.7 Å². The maximum Gasteiger partial charge on any atom is 0.272 e. The summed E-state index contributed by atoms with van der Waals surface area (Å²) in [6.45, 7) is 5.35. The lowest BCUT2D eigenvalue weighted by Crippen LogP contribution is -2.42. The number of aryl methyl sites for hydroxylation is 1. The van der Waals surface area contributed by atoms with E-state index in [0.29, 0.717) is 41.9 Å². The van der Waals surface area contributed by atoms with Crippen molar-refractivity contribution in [3.8, 4) is 5.75 Å². The van der Waals surface area contributed by atoms with E-state index in [1.807, 2.05) is 18.0 Å². The number of hydrogen-bond acceptors (Lipinski definition) is 6. The van der Waals surface area contributed by atoms with Crippen molar-refractivity contribution in [2.45, 2.75) is 45.1 Å². The highest BCUT2D eigenvalue weighted by atomic mass is 16.5. The molecule has 2 amide bonds. The number of pyridine rings is 1. The van der Waals surface area contributed by atoms with Crippen molar-refractivity contribution < 1.29 is 19.4 Å². The molecule has 0 bridgehead atoms. The molecular formula is C29H40N4O4. The van der Waals surface area contributed by atoms with E-state index in [-0.39, 0.29) is 11.8 Å². The third kappa shape index (κ3) is 6.42. The Morgan fingerprint density at radius 3 is 2.32 bits per heavy atom. The highest BCUT2D eigenvalue weighted by Gasteiger charge is 2.30. The average molecular weight is 509 g/mol. The first-order chi connectivity index (χ1) is 17.8. The number of nitrogens with zero attached hydrogens (tertiary/aromatic N) is 4. The van der Waals surface area contributed by atoms with Gasteiger partial charge in [0.05, 0.1) is 19.0 Å². The number of likely N-dealkylation sites (tertiary alicyclic amines) is 1. The molecule has 1 N–H and O–H groups in total. The largest absolute Gasteiger partial charge is 0.497 e. The number of piperidine rings is 2. The number of ether oxygens (including phenoxy) is 1. The van der Waals surface area contributed by atoms with Gasteiger partial charge in [-0.3, -0.25) is 9.59 Å². The Morgan fingerprint density at radius 1 is 1.08 bits per heavy atom. The summed E-state index contributed by atoms with van der Waals surface area (Å²) >= 11 is 0. The number of methoxy groups -OCH3 is 1. The first-order valence-corrected chi connectivity index (χ1v) is 13.3. The van der Waals surface area contributed by atoms with Crippen LogP contribution < -0.4 is 9.64 Å². The Balaban J connectivity index is 1.23. The number of anilines is 1. The quantitative estimate of drug-likeness (QED) is 0.614. The molecular weight excluding hydrogens is 468 g/mol. The molecule has 3 heterocycles. The molecule has 2 saturated heterocycles. The van der Waals surface area contributed by atoms with Gasteiger partial charge in [-0.2, -0.15) is 0 Å². The molecule has 1 atom stereocenters. The van der Waals surface area contributed by atoms with Crippen LogP contribution in [0.15, 0.2) is 36.5 Å². The molecule has 2 aliphatic rings. The number of hydrogen-bond donors (Lipinski definition) is 1. The molecule has 0 aliphatic carbocycles. The highest BCUT2D eigenvalue weighted by Crippen LogP contribution is 2.32. The summed E-state index contributed by atoms with van der Waals surface area (Å²) in [4.78, 5) is 35.4. The van der Waals surface area contributed by atoms with Crippen LogP contribution in [0.4, 0.5) is 5.69 Å². The standard InChI is InChI=1S/C29H40N4O4/c1-20-16-24(19-30-26(20)28(35)31(2)3)32-12-8-21(9-13-32)17-22-10-14-33(15-11-22)29(36)27(34)23-6-5-7-25(18-23)37-4/h5-7,16,18-19,21-22,27,34H,8-15,17H2,1-4H3. The third-order valence-electron chi connectivity index (χ3n) is 7.89. The fraction of sp³-hybridized carbons (Fsp3) is 0.552. The minimum Gasteiger partial charge on any atom is -0.497 e. The van der Waals surface area contributed by atoms with E-state index in [4.69, 9.17) is 4.74 Å². The van der Waals surface area contributed by atoms with Gasteiger partial charge in [-0.15, -0.1) is 0 Å². The van der Waals surface area contributed by atoms with Crippen LogP contribution in [0.2, 0.25) is 0 Å². The Kier molecular flexibility index (Phi) is 8.69. The van der Waals surface area contributed by atoms with E-state index in [1.165, 1.54) is 6.42 Å². The maximum atomic E-state index is 12.9. The molecule has 0 saturated carbocycles. The zero-order valence-electron chi connectivity index (χ0n) is 22.5. The van der Waals surface area contributed by atoms with Gasteiger partial charge in [-0.05, 0) is 80.2 Å². The number of benzene rings is 1. The van der Waals surface area contributed by atoms with E-state index in [1.54, 1.807) is 50.4 Å². The van der Waals surface area contributed by atoms with Crippen molar-refractivity contribution in [2.24, 2.45) is 11.8 Å². The number of aromatic nitrogens is 1. The molecule has 0 spiro atoms. The smallest absolute Gasteiger partial charge is 0.272 e. The molecule has 1 unspecified atom stereocenters. The molecule has 200 valence electrons. The third-order valence-corrected chi connectivity index (χ3v) is 7.89. The zero-order valence-corrected chi connectivity index (χ0v) is 22.5. The van der Waals surface area contributed by atoms with Crippen LogP contribution in [0.5, 0.6) is 5.75 Å². The van der Waals surface area contributed by atoms with Crippen molar-refractivity contribution >= 4 is 17.5 Å². The molecule has 8 nitrogen and oxygen atoms in total. The van der Waals surface area contributed by atoms with Crippen LogP contribution in [-0.2, 0) is 4.79 Å². The minimum absolute atomic E-state index is 0.0645. The van der Waals surface area contributed by atoms with Gasteiger partial charge < -0.3 is 24.5 Å².